The summed E-state index contributed by atoms with van der Waals surface area (Å²) in [4.78, 5) is 5.73. The maximum absolute atomic E-state index is 10.6. The van der Waals surface area contributed by atoms with Crippen molar-refractivity contribution in [3.05, 3.63) is 36.0 Å². The van der Waals surface area contributed by atoms with Gasteiger partial charge >= 0.3 is 0 Å². The maximum atomic E-state index is 10.6. The van der Waals surface area contributed by atoms with Crippen molar-refractivity contribution in [3.63, 3.8) is 0 Å². The fourth-order valence-electron chi connectivity index (χ4n) is 4.27. The van der Waals surface area contributed by atoms with Gasteiger partial charge in [0.15, 0.2) is 0 Å². The minimum atomic E-state index is -1.05. The molecule has 2 atom stereocenters. The van der Waals surface area contributed by atoms with Crippen molar-refractivity contribution in [3.8, 4) is 0 Å². The second-order valence-corrected chi connectivity index (χ2v) is 7.56. The van der Waals surface area contributed by atoms with E-state index in [1.54, 1.807) is 6.92 Å². The number of rotatable bonds is 2. The SMILES string of the molecule is C[C@@]1(O)CCOC2(CCN(Cc3cccc4cc[nH]c34)CC2)[C@H]1O. The lowest BCUT2D eigenvalue weighted by atomic mass is 9.75. The van der Waals surface area contributed by atoms with E-state index in [4.69, 9.17) is 4.74 Å². The van der Waals surface area contributed by atoms with Crippen LogP contribution in [0, 0.1) is 0 Å². The van der Waals surface area contributed by atoms with E-state index in [2.05, 4.69) is 34.1 Å². The zero-order valence-corrected chi connectivity index (χ0v) is 14.2. The van der Waals surface area contributed by atoms with E-state index in [0.29, 0.717) is 13.0 Å². The third-order valence-corrected chi connectivity index (χ3v) is 5.86. The number of nitrogens with zero attached hydrogens (tertiary/aromatic N) is 1. The first-order chi connectivity index (χ1) is 11.5. The highest BCUT2D eigenvalue weighted by atomic mass is 16.5. The van der Waals surface area contributed by atoms with Crippen LogP contribution in [-0.4, -0.2) is 57.1 Å². The Morgan fingerprint density at radius 2 is 2.04 bits per heavy atom. The topological polar surface area (TPSA) is 68.7 Å². The van der Waals surface area contributed by atoms with Gasteiger partial charge in [-0.3, -0.25) is 4.90 Å². The highest BCUT2D eigenvalue weighted by molar-refractivity contribution is 5.82. The second-order valence-electron chi connectivity index (χ2n) is 7.56. The van der Waals surface area contributed by atoms with E-state index < -0.39 is 17.3 Å². The summed E-state index contributed by atoms with van der Waals surface area (Å²) >= 11 is 0. The quantitative estimate of drug-likeness (QED) is 0.788. The molecule has 3 heterocycles. The van der Waals surface area contributed by atoms with Crippen LogP contribution < -0.4 is 0 Å². The van der Waals surface area contributed by atoms with Gasteiger partial charge < -0.3 is 19.9 Å². The zero-order valence-electron chi connectivity index (χ0n) is 14.2. The predicted molar refractivity (Wildman–Crippen MR) is 92.7 cm³/mol. The van der Waals surface area contributed by atoms with Crippen molar-refractivity contribution in [2.24, 2.45) is 0 Å². The molecular formula is C19H26N2O3. The van der Waals surface area contributed by atoms with Gasteiger partial charge in [-0.1, -0.05) is 18.2 Å². The van der Waals surface area contributed by atoms with Gasteiger partial charge in [-0.05, 0) is 36.8 Å². The summed E-state index contributed by atoms with van der Waals surface area (Å²) in [5.74, 6) is 0. The van der Waals surface area contributed by atoms with E-state index in [0.717, 1.165) is 32.5 Å². The molecule has 1 aromatic carbocycles. The number of para-hydroxylation sites is 1. The summed E-state index contributed by atoms with van der Waals surface area (Å²) in [6.45, 7) is 4.86. The van der Waals surface area contributed by atoms with Crippen LogP contribution in [0.5, 0.6) is 0 Å². The van der Waals surface area contributed by atoms with Gasteiger partial charge in [0.05, 0.1) is 17.8 Å². The summed E-state index contributed by atoms with van der Waals surface area (Å²) in [5.41, 5.74) is 0.868. The molecule has 24 heavy (non-hydrogen) atoms. The highest BCUT2D eigenvalue weighted by Gasteiger charge is 2.52. The highest BCUT2D eigenvalue weighted by Crippen LogP contribution is 2.40. The van der Waals surface area contributed by atoms with Crippen LogP contribution >= 0.6 is 0 Å². The molecular weight excluding hydrogens is 304 g/mol. The molecule has 3 N–H and O–H groups in total. The summed E-state index contributed by atoms with van der Waals surface area (Å²) in [6, 6.07) is 8.48. The lowest BCUT2D eigenvalue weighted by Crippen LogP contribution is -2.64. The standard InChI is InChI=1S/C19H26N2O3/c1-18(23)8-12-24-19(17(18)22)6-10-21(11-7-19)13-15-4-2-3-14-5-9-20-16(14)15/h2-5,9,17,20,22-23H,6-8,10-13H2,1H3/t17-,18+/m0/s1. The van der Waals surface area contributed by atoms with Crippen LogP contribution in [0.2, 0.25) is 0 Å². The second kappa shape index (κ2) is 5.85. The number of aromatic nitrogens is 1. The Hall–Kier alpha value is -1.40. The molecule has 4 rings (SSSR count). The van der Waals surface area contributed by atoms with E-state index in [9.17, 15) is 10.2 Å². The van der Waals surface area contributed by atoms with Crippen molar-refractivity contribution in [1.29, 1.82) is 0 Å². The molecule has 2 aliphatic rings. The molecule has 0 unspecified atom stereocenters. The molecule has 1 aromatic heterocycles. The number of H-pyrrole nitrogens is 1. The average molecular weight is 330 g/mol. The lowest BCUT2D eigenvalue weighted by molar-refractivity contribution is -0.246. The van der Waals surface area contributed by atoms with Crippen LogP contribution in [0.4, 0.5) is 0 Å². The van der Waals surface area contributed by atoms with Gasteiger partial charge in [-0.25, -0.2) is 0 Å². The Labute approximate surface area is 142 Å². The molecule has 1 spiro atoms. The number of aliphatic hydroxyl groups is 2. The summed E-state index contributed by atoms with van der Waals surface area (Å²) in [7, 11) is 0. The largest absolute Gasteiger partial charge is 0.387 e. The third-order valence-electron chi connectivity index (χ3n) is 5.86. The Kier molecular flexibility index (Phi) is 3.92. The van der Waals surface area contributed by atoms with Gasteiger partial charge in [-0.2, -0.15) is 0 Å². The van der Waals surface area contributed by atoms with Crippen LogP contribution in [-0.2, 0) is 11.3 Å². The zero-order chi connectivity index (χ0) is 16.8. The van der Waals surface area contributed by atoms with E-state index in [1.165, 1.54) is 16.5 Å². The molecule has 2 aliphatic heterocycles. The number of ether oxygens (including phenoxy) is 1. The first kappa shape index (κ1) is 16.1. The Balaban J connectivity index is 1.46. The minimum Gasteiger partial charge on any atom is -0.387 e. The van der Waals surface area contributed by atoms with Crippen molar-refractivity contribution >= 4 is 10.9 Å². The summed E-state index contributed by atoms with van der Waals surface area (Å²) in [6.07, 6.45) is 3.17. The van der Waals surface area contributed by atoms with Gasteiger partial charge in [0.1, 0.15) is 6.10 Å². The van der Waals surface area contributed by atoms with Gasteiger partial charge in [-0.15, -0.1) is 0 Å². The normalized spacial score (nSPS) is 30.9. The van der Waals surface area contributed by atoms with Crippen molar-refractivity contribution in [2.45, 2.75) is 50.0 Å². The minimum absolute atomic E-state index is 0.494. The Bertz CT molecular complexity index is 716. The molecule has 2 saturated heterocycles. The van der Waals surface area contributed by atoms with Crippen molar-refractivity contribution in [1.82, 2.24) is 9.88 Å². The van der Waals surface area contributed by atoms with E-state index in [-0.39, 0.29) is 0 Å². The number of aliphatic hydroxyl groups excluding tert-OH is 1. The molecule has 0 bridgehead atoms. The smallest absolute Gasteiger partial charge is 0.111 e. The fraction of sp³-hybridized carbons (Fsp3) is 0.579. The number of hydrogen-bond donors (Lipinski definition) is 3. The fourth-order valence-corrected chi connectivity index (χ4v) is 4.27. The van der Waals surface area contributed by atoms with Crippen LogP contribution in [0.25, 0.3) is 10.9 Å². The van der Waals surface area contributed by atoms with Crippen LogP contribution in [0.15, 0.2) is 30.5 Å². The first-order valence-electron chi connectivity index (χ1n) is 8.82. The average Bonchev–Trinajstić information content (AvgIpc) is 3.04. The Morgan fingerprint density at radius 1 is 1.25 bits per heavy atom. The van der Waals surface area contributed by atoms with Gasteiger partial charge in [0.25, 0.3) is 0 Å². The lowest BCUT2D eigenvalue weighted by Gasteiger charge is -2.51. The molecule has 2 aromatic rings. The molecule has 2 fully saturated rings. The van der Waals surface area contributed by atoms with Gasteiger partial charge in [0.2, 0.25) is 0 Å². The summed E-state index contributed by atoms with van der Waals surface area (Å²) in [5, 5.41) is 22.3. The van der Waals surface area contributed by atoms with Crippen molar-refractivity contribution < 1.29 is 14.9 Å². The molecule has 5 heteroatoms. The Morgan fingerprint density at radius 3 is 2.83 bits per heavy atom. The molecule has 0 aliphatic carbocycles. The number of aromatic amines is 1. The molecule has 0 amide bonds. The number of benzene rings is 1. The molecule has 5 nitrogen and oxygen atoms in total. The molecule has 130 valence electrons. The number of hydrogen-bond acceptors (Lipinski definition) is 4. The van der Waals surface area contributed by atoms with E-state index in [1.807, 2.05) is 6.20 Å². The summed E-state index contributed by atoms with van der Waals surface area (Å²) < 4.78 is 5.97. The number of nitrogens with one attached hydrogen (secondary N) is 1. The maximum Gasteiger partial charge on any atom is 0.111 e. The van der Waals surface area contributed by atoms with Crippen LogP contribution in [0.1, 0.15) is 31.7 Å². The first-order valence-corrected chi connectivity index (χ1v) is 8.82. The number of fused-ring (bicyclic) bond motifs is 1. The molecule has 0 radical (unpaired) electrons. The predicted octanol–water partition coefficient (Wildman–Crippen LogP) is 2.03. The van der Waals surface area contributed by atoms with E-state index >= 15 is 0 Å². The number of likely N-dealkylation sites (tertiary alicyclic amines) is 1. The monoisotopic (exact) mass is 330 g/mol. The van der Waals surface area contributed by atoms with Crippen LogP contribution in [0.3, 0.4) is 0 Å². The van der Waals surface area contributed by atoms with Gasteiger partial charge in [0, 0.05) is 37.8 Å². The van der Waals surface area contributed by atoms with Crippen molar-refractivity contribution in [2.75, 3.05) is 19.7 Å². The third kappa shape index (κ3) is 2.65. The molecule has 0 saturated carbocycles. The number of piperidine rings is 1.